The van der Waals surface area contributed by atoms with Gasteiger partial charge in [-0.25, -0.2) is 0 Å². The van der Waals surface area contributed by atoms with Crippen molar-refractivity contribution in [2.75, 3.05) is 45.8 Å². The van der Waals surface area contributed by atoms with Gasteiger partial charge >= 0.3 is 0 Å². The molecule has 6 nitrogen and oxygen atoms in total. The predicted molar refractivity (Wildman–Crippen MR) is 280 cm³/mol. The summed E-state index contributed by atoms with van der Waals surface area (Å²) >= 11 is 0. The number of nitrogens with zero attached hydrogens (tertiary/aromatic N) is 6. The second kappa shape index (κ2) is 17.1. The number of fused-ring (bicyclic) bond motifs is 4. The maximum absolute atomic E-state index is 2.64. The summed E-state index contributed by atoms with van der Waals surface area (Å²) in [7, 11) is 0. The van der Waals surface area contributed by atoms with Gasteiger partial charge in [0.05, 0.1) is 22.4 Å². The quantitative estimate of drug-likeness (QED) is 0.0904. The van der Waals surface area contributed by atoms with Crippen molar-refractivity contribution in [1.29, 1.82) is 0 Å². The van der Waals surface area contributed by atoms with E-state index in [1.165, 1.54) is 72.6 Å². The lowest BCUT2D eigenvalue weighted by Gasteiger charge is -2.37. The molecule has 0 amide bonds. The van der Waals surface area contributed by atoms with E-state index in [0.29, 0.717) is 0 Å². The Bertz CT molecular complexity index is 2820. The molecule has 2 aliphatic heterocycles. The summed E-state index contributed by atoms with van der Waals surface area (Å²) in [6.07, 6.45) is 4.30. The van der Waals surface area contributed by atoms with Crippen LogP contribution in [0.3, 0.4) is 0 Å². The molecule has 0 unspecified atom stereocenters. The van der Waals surface area contributed by atoms with Crippen LogP contribution in [0, 0.1) is 0 Å². The number of anilines is 8. The van der Waals surface area contributed by atoms with Crippen molar-refractivity contribution in [3.63, 3.8) is 0 Å². The lowest BCUT2D eigenvalue weighted by atomic mass is 9.34. The van der Waals surface area contributed by atoms with Gasteiger partial charge in [-0.05, 0) is 127 Å². The fourth-order valence-corrected chi connectivity index (χ4v) is 11.1. The van der Waals surface area contributed by atoms with Crippen LogP contribution in [-0.4, -0.2) is 42.0 Å². The molecule has 0 saturated carbocycles. The van der Waals surface area contributed by atoms with Crippen molar-refractivity contribution in [3.8, 4) is 11.4 Å². The highest BCUT2D eigenvalue weighted by molar-refractivity contribution is 7.00. The lowest BCUT2D eigenvalue weighted by Crippen LogP contribution is -2.59. The number of benzene rings is 7. The topological polar surface area (TPSA) is 22.8 Å². The highest BCUT2D eigenvalue weighted by Gasteiger charge is 2.42. The monoisotopic (exact) mass is 848 g/mol. The fraction of sp³-hybridized carbons (Fsp3) is 0.207. The van der Waals surface area contributed by atoms with Crippen molar-refractivity contribution in [3.05, 3.63) is 176 Å². The Hall–Kier alpha value is -7.12. The summed E-state index contributed by atoms with van der Waals surface area (Å²) in [4.78, 5) is 10.2. The van der Waals surface area contributed by atoms with Gasteiger partial charge in [0, 0.05) is 71.1 Å². The van der Waals surface area contributed by atoms with Crippen LogP contribution < -0.4 is 36.0 Å². The summed E-state index contributed by atoms with van der Waals surface area (Å²) in [6, 6.07) is 65.4. The Kier molecular flexibility index (Phi) is 10.7. The van der Waals surface area contributed by atoms with E-state index in [4.69, 9.17) is 0 Å². The number of hydrogen-bond acceptors (Lipinski definition) is 4. The van der Waals surface area contributed by atoms with E-state index in [-0.39, 0.29) is 6.71 Å². The second-order valence-corrected chi connectivity index (χ2v) is 17.7. The molecule has 0 fully saturated rings. The van der Waals surface area contributed by atoms with Crippen molar-refractivity contribution < 1.29 is 0 Å². The highest BCUT2D eigenvalue weighted by atomic mass is 15.3. The van der Waals surface area contributed by atoms with Gasteiger partial charge in [-0.3, -0.25) is 9.13 Å². The van der Waals surface area contributed by atoms with Crippen LogP contribution in [-0.2, 0) is 0 Å². The van der Waals surface area contributed by atoms with Crippen LogP contribution >= 0.6 is 0 Å². The largest absolute Gasteiger partial charge is 0.358 e. The lowest BCUT2D eigenvalue weighted by molar-refractivity contribution is 0.727. The molecule has 0 aliphatic carbocycles. The molecule has 0 N–H and O–H groups in total. The van der Waals surface area contributed by atoms with Gasteiger partial charge in [-0.2, -0.15) is 0 Å². The first kappa shape index (κ1) is 40.6. The molecule has 0 atom stereocenters. The zero-order valence-electron chi connectivity index (χ0n) is 38.2. The molecule has 65 heavy (non-hydrogen) atoms. The van der Waals surface area contributed by atoms with E-state index in [0.717, 1.165) is 74.6 Å². The molecule has 2 aliphatic rings. The summed E-state index contributed by atoms with van der Waals surface area (Å²) in [6.45, 7) is 13.2. The first-order chi connectivity index (χ1) is 32.1. The Morgan fingerprint density at radius 3 is 1.05 bits per heavy atom. The molecule has 11 rings (SSSR count). The smallest absolute Gasteiger partial charge is 0.252 e. The second-order valence-electron chi connectivity index (χ2n) is 17.7. The minimum absolute atomic E-state index is 0.0280. The van der Waals surface area contributed by atoms with Crippen LogP contribution in [0.2, 0.25) is 0 Å². The van der Waals surface area contributed by atoms with Crippen LogP contribution in [0.15, 0.2) is 176 Å². The SMILES string of the molecule is CCCN(CCC)c1cc2c(N(c3ccccc3)c3ccccc3)ccc3c2n1-c1cccc2c1B3c1ccc(N(c3ccccc3)c3ccccc3)c3cc(N(CCC)CCC)n-2c13. The van der Waals surface area contributed by atoms with E-state index in [1.807, 2.05) is 0 Å². The molecule has 322 valence electrons. The van der Waals surface area contributed by atoms with Crippen LogP contribution in [0.4, 0.5) is 45.8 Å². The Morgan fingerprint density at radius 2 is 0.723 bits per heavy atom. The van der Waals surface area contributed by atoms with E-state index in [2.05, 4.69) is 232 Å². The summed E-state index contributed by atoms with van der Waals surface area (Å²) < 4.78 is 5.29. The molecular weight excluding hydrogens is 791 g/mol. The molecule has 4 heterocycles. The van der Waals surface area contributed by atoms with Gasteiger partial charge < -0.3 is 19.6 Å². The first-order valence-electron chi connectivity index (χ1n) is 24.0. The molecule has 9 aromatic rings. The molecule has 0 saturated heterocycles. The molecule has 7 aromatic carbocycles. The third-order valence-corrected chi connectivity index (χ3v) is 13.5. The van der Waals surface area contributed by atoms with Gasteiger partial charge in [-0.1, -0.05) is 119 Å². The molecule has 2 aromatic heterocycles. The van der Waals surface area contributed by atoms with E-state index < -0.39 is 0 Å². The molecule has 7 heteroatoms. The number of rotatable bonds is 16. The maximum Gasteiger partial charge on any atom is 0.252 e. The molecular formula is C58H57BN6. The van der Waals surface area contributed by atoms with Crippen molar-refractivity contribution in [2.45, 2.75) is 53.4 Å². The predicted octanol–water partition coefficient (Wildman–Crippen LogP) is 12.9. The third kappa shape index (κ3) is 6.62. The van der Waals surface area contributed by atoms with Gasteiger partial charge in [-0.15, -0.1) is 0 Å². The maximum atomic E-state index is 2.64. The Morgan fingerprint density at radius 1 is 0.385 bits per heavy atom. The van der Waals surface area contributed by atoms with Gasteiger partial charge in [0.1, 0.15) is 11.6 Å². The Labute approximate surface area is 384 Å². The third-order valence-electron chi connectivity index (χ3n) is 13.5. The highest BCUT2D eigenvalue weighted by Crippen LogP contribution is 2.46. The normalized spacial score (nSPS) is 12.2. The fourth-order valence-electron chi connectivity index (χ4n) is 11.1. The Balaban J connectivity index is 1.24. The zero-order valence-corrected chi connectivity index (χ0v) is 38.2. The zero-order chi connectivity index (χ0) is 44.0. The van der Waals surface area contributed by atoms with E-state index in [9.17, 15) is 0 Å². The van der Waals surface area contributed by atoms with Gasteiger partial charge in [0.2, 0.25) is 0 Å². The van der Waals surface area contributed by atoms with E-state index in [1.54, 1.807) is 0 Å². The van der Waals surface area contributed by atoms with E-state index >= 15 is 0 Å². The van der Waals surface area contributed by atoms with Crippen molar-refractivity contribution >= 4 is 90.7 Å². The summed E-state index contributed by atoms with van der Waals surface area (Å²) in [5.74, 6) is 2.54. The number of hydrogen-bond donors (Lipinski definition) is 0. The van der Waals surface area contributed by atoms with Crippen LogP contribution in [0.25, 0.3) is 33.2 Å². The van der Waals surface area contributed by atoms with Crippen LogP contribution in [0.1, 0.15) is 53.4 Å². The van der Waals surface area contributed by atoms with Gasteiger partial charge in [0.15, 0.2) is 0 Å². The molecule has 0 bridgehead atoms. The number of para-hydroxylation sites is 4. The first-order valence-corrected chi connectivity index (χ1v) is 24.0. The summed E-state index contributed by atoms with van der Waals surface area (Å²) in [5.41, 5.74) is 16.2. The standard InChI is InChI=1S/C58H57BN6/c1-5-36-60(37-6-2)54-40-46-50(62(42-22-13-9-14-23-42)43-24-15-10-16-25-43)34-32-48-57(46)64(54)52-30-21-31-53-56(52)59(48)49-33-35-51(47-41-55(65(53)58(47)49)61(38-7-3)39-8-4)63(44-26-17-11-18-27-44)45-28-19-12-20-29-45/h9-35,40-41H,5-8,36-39H2,1-4H3. The van der Waals surface area contributed by atoms with Gasteiger partial charge in [0.25, 0.3) is 6.71 Å². The minimum atomic E-state index is 0.0280. The van der Waals surface area contributed by atoms with Crippen molar-refractivity contribution in [2.24, 2.45) is 0 Å². The number of aromatic nitrogens is 2. The molecule has 0 spiro atoms. The average Bonchev–Trinajstić information content (AvgIpc) is 3.96. The average molecular weight is 849 g/mol. The van der Waals surface area contributed by atoms with Crippen LogP contribution in [0.5, 0.6) is 0 Å². The summed E-state index contributed by atoms with van der Waals surface area (Å²) in [5, 5.41) is 2.54. The molecule has 0 radical (unpaired) electrons. The minimum Gasteiger partial charge on any atom is -0.358 e. The van der Waals surface area contributed by atoms with Crippen molar-refractivity contribution in [1.82, 2.24) is 9.13 Å².